The fraction of sp³-hybridized carbons (Fsp3) is 0.615. The van der Waals surface area contributed by atoms with E-state index in [0.29, 0.717) is 18.8 Å². The Balaban J connectivity index is 2.33. The second kappa shape index (κ2) is 6.51. The van der Waals surface area contributed by atoms with Crippen LogP contribution in [0.2, 0.25) is 0 Å². The standard InChI is InChI=1S/C13H21N3O3S/c1-14-13-12(7-3-8-15-13)20(18,19)16(9-4-10-17)11-5-2-6-11/h3,7-8,11,17H,2,4-6,9-10H2,1H3,(H,14,15). The Hall–Kier alpha value is -1.18. The van der Waals surface area contributed by atoms with Crippen LogP contribution >= 0.6 is 0 Å². The van der Waals surface area contributed by atoms with E-state index in [1.165, 1.54) is 4.31 Å². The van der Waals surface area contributed by atoms with Gasteiger partial charge in [0.1, 0.15) is 10.7 Å². The molecule has 1 aliphatic carbocycles. The average Bonchev–Trinajstić information content (AvgIpc) is 2.41. The molecule has 1 saturated carbocycles. The molecule has 6 nitrogen and oxygen atoms in total. The topological polar surface area (TPSA) is 82.5 Å². The summed E-state index contributed by atoms with van der Waals surface area (Å²) in [7, 11) is -1.92. The predicted molar refractivity (Wildman–Crippen MR) is 77.0 cm³/mol. The fourth-order valence-corrected chi connectivity index (χ4v) is 4.19. The number of aliphatic hydroxyl groups is 1. The van der Waals surface area contributed by atoms with Crippen LogP contribution in [0.15, 0.2) is 23.2 Å². The van der Waals surface area contributed by atoms with Crippen molar-refractivity contribution in [1.82, 2.24) is 9.29 Å². The molecule has 112 valence electrons. The second-order valence-corrected chi connectivity index (χ2v) is 6.74. The van der Waals surface area contributed by atoms with Crippen LogP contribution < -0.4 is 5.32 Å². The molecule has 0 unspecified atom stereocenters. The van der Waals surface area contributed by atoms with E-state index in [4.69, 9.17) is 5.11 Å². The Labute approximate surface area is 119 Å². The quantitative estimate of drug-likeness (QED) is 0.786. The smallest absolute Gasteiger partial charge is 0.246 e. The molecular formula is C13H21N3O3S. The first kappa shape index (κ1) is 15.2. The van der Waals surface area contributed by atoms with Crippen LogP contribution in [-0.4, -0.2) is 49.1 Å². The minimum atomic E-state index is -3.58. The van der Waals surface area contributed by atoms with E-state index in [2.05, 4.69) is 10.3 Å². The van der Waals surface area contributed by atoms with Crippen molar-refractivity contribution in [3.8, 4) is 0 Å². The first-order valence-electron chi connectivity index (χ1n) is 6.86. The molecule has 7 heteroatoms. The van der Waals surface area contributed by atoms with E-state index in [0.717, 1.165) is 19.3 Å². The third kappa shape index (κ3) is 2.94. The number of pyridine rings is 1. The lowest BCUT2D eigenvalue weighted by molar-refractivity contribution is 0.198. The van der Waals surface area contributed by atoms with E-state index in [-0.39, 0.29) is 17.5 Å². The molecule has 1 heterocycles. The molecule has 1 fully saturated rings. The third-order valence-corrected chi connectivity index (χ3v) is 5.60. The van der Waals surface area contributed by atoms with Gasteiger partial charge in [0.15, 0.2) is 0 Å². The maximum absolute atomic E-state index is 12.8. The van der Waals surface area contributed by atoms with E-state index >= 15 is 0 Å². The molecule has 0 aromatic carbocycles. The monoisotopic (exact) mass is 299 g/mol. The minimum Gasteiger partial charge on any atom is -0.396 e. The van der Waals surface area contributed by atoms with Gasteiger partial charge in [-0.15, -0.1) is 0 Å². The molecule has 0 spiro atoms. The normalized spacial score (nSPS) is 16.1. The van der Waals surface area contributed by atoms with Gasteiger partial charge in [0.2, 0.25) is 10.0 Å². The molecule has 0 atom stereocenters. The number of aromatic nitrogens is 1. The Morgan fingerprint density at radius 2 is 2.25 bits per heavy atom. The summed E-state index contributed by atoms with van der Waals surface area (Å²) in [5.41, 5.74) is 0. The van der Waals surface area contributed by atoms with Gasteiger partial charge in [0, 0.05) is 32.4 Å². The number of anilines is 1. The molecule has 0 bridgehead atoms. The number of nitrogens with one attached hydrogen (secondary N) is 1. The first-order valence-corrected chi connectivity index (χ1v) is 8.30. The lowest BCUT2D eigenvalue weighted by atomic mass is 9.93. The molecule has 0 saturated heterocycles. The molecule has 1 aliphatic rings. The Morgan fingerprint density at radius 1 is 1.50 bits per heavy atom. The molecule has 0 aliphatic heterocycles. The van der Waals surface area contributed by atoms with Crippen LogP contribution in [0, 0.1) is 0 Å². The highest BCUT2D eigenvalue weighted by atomic mass is 32.2. The van der Waals surface area contributed by atoms with Gasteiger partial charge in [0.05, 0.1) is 0 Å². The van der Waals surface area contributed by atoms with Crippen LogP contribution in [0.1, 0.15) is 25.7 Å². The third-order valence-electron chi connectivity index (χ3n) is 3.61. The Bertz CT molecular complexity index is 544. The number of nitrogens with zero attached hydrogens (tertiary/aromatic N) is 2. The highest BCUT2D eigenvalue weighted by Gasteiger charge is 2.35. The van der Waals surface area contributed by atoms with E-state index in [9.17, 15) is 8.42 Å². The Kier molecular flexibility index (Phi) is 4.95. The van der Waals surface area contributed by atoms with Crippen molar-refractivity contribution in [2.24, 2.45) is 0 Å². The molecule has 20 heavy (non-hydrogen) atoms. The van der Waals surface area contributed by atoms with Crippen LogP contribution in [0.3, 0.4) is 0 Å². The molecular weight excluding hydrogens is 278 g/mol. The zero-order chi connectivity index (χ0) is 14.6. The maximum Gasteiger partial charge on any atom is 0.246 e. The maximum atomic E-state index is 12.8. The molecule has 2 N–H and O–H groups in total. The summed E-state index contributed by atoms with van der Waals surface area (Å²) in [6, 6.07) is 3.24. The summed E-state index contributed by atoms with van der Waals surface area (Å²) in [5, 5.41) is 11.8. The molecule has 1 aromatic rings. The summed E-state index contributed by atoms with van der Waals surface area (Å²) in [6.07, 6.45) is 4.85. The SMILES string of the molecule is CNc1ncccc1S(=O)(=O)N(CCCO)C1CCC1. The van der Waals surface area contributed by atoms with E-state index < -0.39 is 10.0 Å². The van der Waals surface area contributed by atoms with Gasteiger partial charge in [-0.3, -0.25) is 0 Å². The average molecular weight is 299 g/mol. The van der Waals surface area contributed by atoms with E-state index in [1.807, 2.05) is 0 Å². The first-order chi connectivity index (χ1) is 9.61. The number of hydrogen-bond acceptors (Lipinski definition) is 5. The number of sulfonamides is 1. The predicted octanol–water partition coefficient (Wildman–Crippen LogP) is 1.05. The zero-order valence-electron chi connectivity index (χ0n) is 11.6. The van der Waals surface area contributed by atoms with Gasteiger partial charge in [-0.05, 0) is 31.4 Å². The lowest BCUT2D eigenvalue weighted by Crippen LogP contribution is -2.45. The molecule has 0 radical (unpaired) electrons. The summed E-state index contributed by atoms with van der Waals surface area (Å²) >= 11 is 0. The van der Waals surface area contributed by atoms with Crippen molar-refractivity contribution in [3.05, 3.63) is 18.3 Å². The van der Waals surface area contributed by atoms with Gasteiger partial charge in [-0.25, -0.2) is 13.4 Å². The summed E-state index contributed by atoms with van der Waals surface area (Å²) < 4.78 is 27.2. The molecule has 2 rings (SSSR count). The fourth-order valence-electron chi connectivity index (χ4n) is 2.31. The zero-order valence-corrected chi connectivity index (χ0v) is 12.4. The summed E-state index contributed by atoms with van der Waals surface area (Å²) in [4.78, 5) is 4.26. The molecule has 0 amide bonds. The highest BCUT2D eigenvalue weighted by molar-refractivity contribution is 7.89. The number of rotatable bonds is 7. The van der Waals surface area contributed by atoms with Crippen LogP contribution in [0.4, 0.5) is 5.82 Å². The summed E-state index contributed by atoms with van der Waals surface area (Å²) in [6.45, 7) is 0.339. The van der Waals surface area contributed by atoms with Crippen molar-refractivity contribution in [2.45, 2.75) is 36.6 Å². The summed E-state index contributed by atoms with van der Waals surface area (Å²) in [5.74, 6) is 0.362. The highest BCUT2D eigenvalue weighted by Crippen LogP contribution is 2.31. The van der Waals surface area contributed by atoms with Gasteiger partial charge in [-0.2, -0.15) is 4.31 Å². The molecule has 1 aromatic heterocycles. The van der Waals surface area contributed by atoms with Gasteiger partial charge in [-0.1, -0.05) is 6.42 Å². The minimum absolute atomic E-state index is 0.00926. The van der Waals surface area contributed by atoms with E-state index in [1.54, 1.807) is 25.4 Å². The van der Waals surface area contributed by atoms with Crippen LogP contribution in [0.25, 0.3) is 0 Å². The number of aliphatic hydroxyl groups excluding tert-OH is 1. The van der Waals surface area contributed by atoms with Crippen molar-refractivity contribution in [2.75, 3.05) is 25.5 Å². The van der Waals surface area contributed by atoms with Crippen molar-refractivity contribution < 1.29 is 13.5 Å². The van der Waals surface area contributed by atoms with Crippen LogP contribution in [0.5, 0.6) is 0 Å². The lowest BCUT2D eigenvalue weighted by Gasteiger charge is -2.36. The van der Waals surface area contributed by atoms with Gasteiger partial charge in [0.25, 0.3) is 0 Å². The van der Waals surface area contributed by atoms with Gasteiger partial charge < -0.3 is 10.4 Å². The van der Waals surface area contributed by atoms with Crippen LogP contribution in [-0.2, 0) is 10.0 Å². The number of hydrogen-bond donors (Lipinski definition) is 2. The van der Waals surface area contributed by atoms with Crippen molar-refractivity contribution >= 4 is 15.8 Å². The Morgan fingerprint density at radius 3 is 2.80 bits per heavy atom. The largest absolute Gasteiger partial charge is 0.396 e. The van der Waals surface area contributed by atoms with Gasteiger partial charge >= 0.3 is 0 Å². The van der Waals surface area contributed by atoms with Crippen molar-refractivity contribution in [3.63, 3.8) is 0 Å². The second-order valence-electron chi connectivity index (χ2n) is 4.88. The van der Waals surface area contributed by atoms with Crippen molar-refractivity contribution in [1.29, 1.82) is 0 Å².